The molecule has 0 radical (unpaired) electrons. The van der Waals surface area contributed by atoms with Crippen LogP contribution < -0.4 is 9.64 Å². The summed E-state index contributed by atoms with van der Waals surface area (Å²) in [5, 5.41) is 0. The summed E-state index contributed by atoms with van der Waals surface area (Å²) in [5.74, 6) is 0.800. The average Bonchev–Trinajstić information content (AvgIpc) is 3.04. The molecule has 1 aliphatic heterocycles. The first-order valence-corrected chi connectivity index (χ1v) is 7.29. The SMILES string of the molecule is COC(=O)C12CCCC1CN(c1ccc(OC(F)F)cn1)C2. The van der Waals surface area contributed by atoms with Gasteiger partial charge in [0.05, 0.1) is 18.7 Å². The number of rotatable bonds is 4. The Hall–Kier alpha value is -1.92. The molecule has 0 amide bonds. The van der Waals surface area contributed by atoms with Crippen molar-refractivity contribution in [1.82, 2.24) is 4.98 Å². The second-order valence-electron chi connectivity index (χ2n) is 5.85. The largest absolute Gasteiger partial charge is 0.469 e. The summed E-state index contributed by atoms with van der Waals surface area (Å²) in [7, 11) is 1.42. The zero-order chi connectivity index (χ0) is 15.7. The number of hydrogen-bond donors (Lipinski definition) is 0. The Kier molecular flexibility index (Phi) is 3.88. The Morgan fingerprint density at radius 3 is 2.95 bits per heavy atom. The molecule has 2 fully saturated rings. The van der Waals surface area contributed by atoms with Crippen molar-refractivity contribution >= 4 is 11.8 Å². The second-order valence-corrected chi connectivity index (χ2v) is 5.85. The van der Waals surface area contributed by atoms with E-state index >= 15 is 0 Å². The van der Waals surface area contributed by atoms with E-state index in [0.29, 0.717) is 12.4 Å². The number of pyridine rings is 1. The van der Waals surface area contributed by atoms with Gasteiger partial charge in [0.1, 0.15) is 11.6 Å². The van der Waals surface area contributed by atoms with Gasteiger partial charge in [0, 0.05) is 13.1 Å². The minimum atomic E-state index is -2.86. The van der Waals surface area contributed by atoms with Crippen LogP contribution in [-0.4, -0.2) is 37.8 Å². The molecule has 1 saturated heterocycles. The Bertz CT molecular complexity index is 552. The van der Waals surface area contributed by atoms with Crippen LogP contribution in [0.4, 0.5) is 14.6 Å². The van der Waals surface area contributed by atoms with E-state index in [4.69, 9.17) is 4.74 Å². The third-order valence-corrected chi connectivity index (χ3v) is 4.73. The van der Waals surface area contributed by atoms with Crippen LogP contribution in [0, 0.1) is 11.3 Å². The molecule has 1 aliphatic carbocycles. The summed E-state index contributed by atoms with van der Waals surface area (Å²) in [5.41, 5.74) is -0.450. The lowest BCUT2D eigenvalue weighted by Crippen LogP contribution is -2.37. The summed E-state index contributed by atoms with van der Waals surface area (Å²) in [6, 6.07) is 3.11. The number of alkyl halides is 2. The van der Waals surface area contributed by atoms with Gasteiger partial charge in [-0.15, -0.1) is 0 Å². The van der Waals surface area contributed by atoms with Gasteiger partial charge in [-0.2, -0.15) is 8.78 Å². The van der Waals surface area contributed by atoms with E-state index < -0.39 is 12.0 Å². The third-order valence-electron chi connectivity index (χ3n) is 4.73. The highest BCUT2D eigenvalue weighted by Gasteiger charge is 2.55. The van der Waals surface area contributed by atoms with Crippen molar-refractivity contribution in [3.63, 3.8) is 0 Å². The molecule has 2 atom stereocenters. The molecule has 2 aliphatic rings. The number of nitrogens with zero attached hydrogens (tertiary/aromatic N) is 2. The lowest BCUT2D eigenvalue weighted by Gasteiger charge is -2.25. The van der Waals surface area contributed by atoms with Crippen molar-refractivity contribution in [2.45, 2.75) is 25.9 Å². The normalized spacial score (nSPS) is 27.1. The highest BCUT2D eigenvalue weighted by Crippen LogP contribution is 2.50. The van der Waals surface area contributed by atoms with Crippen molar-refractivity contribution < 1.29 is 23.0 Å². The molecule has 7 heteroatoms. The summed E-state index contributed by atoms with van der Waals surface area (Å²) in [6.45, 7) is -1.56. The average molecular weight is 312 g/mol. The molecule has 22 heavy (non-hydrogen) atoms. The fraction of sp³-hybridized carbons (Fsp3) is 0.600. The Labute approximate surface area is 127 Å². The van der Waals surface area contributed by atoms with Gasteiger partial charge in [-0.1, -0.05) is 6.42 Å². The number of halogens is 2. The first-order valence-electron chi connectivity index (χ1n) is 7.29. The van der Waals surface area contributed by atoms with Gasteiger partial charge < -0.3 is 14.4 Å². The minimum Gasteiger partial charge on any atom is -0.469 e. The van der Waals surface area contributed by atoms with Crippen LogP contribution in [0.25, 0.3) is 0 Å². The number of fused-ring (bicyclic) bond motifs is 1. The monoisotopic (exact) mass is 312 g/mol. The summed E-state index contributed by atoms with van der Waals surface area (Å²) in [4.78, 5) is 18.4. The third kappa shape index (κ3) is 2.48. The minimum absolute atomic E-state index is 0.0285. The molecule has 120 valence electrons. The molecule has 0 aromatic carbocycles. The van der Waals surface area contributed by atoms with Gasteiger partial charge in [0.2, 0.25) is 0 Å². The maximum Gasteiger partial charge on any atom is 0.387 e. The predicted molar refractivity (Wildman–Crippen MR) is 74.9 cm³/mol. The van der Waals surface area contributed by atoms with E-state index in [1.807, 2.05) is 4.90 Å². The first-order chi connectivity index (χ1) is 10.5. The van der Waals surface area contributed by atoms with E-state index in [9.17, 15) is 13.6 Å². The van der Waals surface area contributed by atoms with Crippen molar-refractivity contribution in [1.29, 1.82) is 0 Å². The van der Waals surface area contributed by atoms with Gasteiger partial charge in [0.15, 0.2) is 0 Å². The lowest BCUT2D eigenvalue weighted by atomic mass is 9.81. The highest BCUT2D eigenvalue weighted by atomic mass is 19.3. The van der Waals surface area contributed by atoms with Crippen LogP contribution in [0.3, 0.4) is 0 Å². The number of carbonyl (C=O) groups is 1. The molecule has 5 nitrogen and oxygen atoms in total. The molecule has 1 aromatic rings. The number of aromatic nitrogens is 1. The van der Waals surface area contributed by atoms with E-state index in [1.165, 1.54) is 19.4 Å². The van der Waals surface area contributed by atoms with Crippen molar-refractivity contribution in [2.75, 3.05) is 25.1 Å². The molecule has 1 saturated carbocycles. The molecule has 1 aromatic heterocycles. The van der Waals surface area contributed by atoms with Crippen LogP contribution >= 0.6 is 0 Å². The standard InChI is InChI=1S/C15H18F2N2O3/c1-21-13(20)15-6-2-3-10(15)8-19(9-15)12-5-4-11(7-18-12)22-14(16)17/h4-5,7,10,14H,2-3,6,8-9H2,1H3. The fourth-order valence-electron chi connectivity index (χ4n) is 3.73. The van der Waals surface area contributed by atoms with Crippen LogP contribution in [0.2, 0.25) is 0 Å². The zero-order valence-corrected chi connectivity index (χ0v) is 12.3. The van der Waals surface area contributed by atoms with Crippen molar-refractivity contribution in [3.8, 4) is 5.75 Å². The van der Waals surface area contributed by atoms with E-state index in [2.05, 4.69) is 9.72 Å². The van der Waals surface area contributed by atoms with Gasteiger partial charge >= 0.3 is 12.6 Å². The fourth-order valence-corrected chi connectivity index (χ4v) is 3.73. The van der Waals surface area contributed by atoms with Gasteiger partial charge in [-0.3, -0.25) is 4.79 Å². The molecule has 2 unspecified atom stereocenters. The highest BCUT2D eigenvalue weighted by molar-refractivity contribution is 5.79. The summed E-state index contributed by atoms with van der Waals surface area (Å²) >= 11 is 0. The zero-order valence-electron chi connectivity index (χ0n) is 12.3. The molecular formula is C15H18F2N2O3. The van der Waals surface area contributed by atoms with Gasteiger partial charge in [-0.25, -0.2) is 4.98 Å². The molecular weight excluding hydrogens is 294 g/mol. The molecule has 3 rings (SSSR count). The van der Waals surface area contributed by atoms with E-state index in [1.54, 1.807) is 6.07 Å². The lowest BCUT2D eigenvalue weighted by molar-refractivity contribution is -0.152. The van der Waals surface area contributed by atoms with Crippen LogP contribution in [-0.2, 0) is 9.53 Å². The van der Waals surface area contributed by atoms with Crippen LogP contribution in [0.15, 0.2) is 18.3 Å². The maximum atomic E-state index is 12.2. The van der Waals surface area contributed by atoms with Gasteiger partial charge in [0.25, 0.3) is 0 Å². The molecule has 0 N–H and O–H groups in total. The van der Waals surface area contributed by atoms with E-state index in [0.717, 1.165) is 25.8 Å². The number of carbonyl (C=O) groups excluding carboxylic acids is 1. The Balaban J connectivity index is 1.76. The number of ether oxygens (including phenoxy) is 2. The Morgan fingerprint density at radius 1 is 1.50 bits per heavy atom. The number of anilines is 1. The second kappa shape index (κ2) is 5.70. The van der Waals surface area contributed by atoms with E-state index in [-0.39, 0.29) is 17.6 Å². The smallest absolute Gasteiger partial charge is 0.387 e. The molecule has 0 bridgehead atoms. The summed E-state index contributed by atoms with van der Waals surface area (Å²) < 4.78 is 33.6. The van der Waals surface area contributed by atoms with Gasteiger partial charge in [-0.05, 0) is 30.9 Å². The first kappa shape index (κ1) is 15.0. The quantitative estimate of drug-likeness (QED) is 0.799. The maximum absolute atomic E-state index is 12.2. The molecule has 2 heterocycles. The number of methoxy groups -OCH3 is 1. The van der Waals surface area contributed by atoms with Crippen molar-refractivity contribution in [2.24, 2.45) is 11.3 Å². The number of esters is 1. The van der Waals surface area contributed by atoms with Crippen LogP contribution in [0.5, 0.6) is 5.75 Å². The predicted octanol–water partition coefficient (Wildman–Crippen LogP) is 2.46. The summed E-state index contributed by atoms with van der Waals surface area (Å²) in [6.07, 6.45) is 4.13. The Morgan fingerprint density at radius 2 is 2.32 bits per heavy atom. The van der Waals surface area contributed by atoms with Crippen molar-refractivity contribution in [3.05, 3.63) is 18.3 Å². The van der Waals surface area contributed by atoms with Crippen LogP contribution in [0.1, 0.15) is 19.3 Å². The molecule has 0 spiro atoms. The number of hydrogen-bond acceptors (Lipinski definition) is 5. The topological polar surface area (TPSA) is 51.7 Å².